The van der Waals surface area contributed by atoms with Gasteiger partial charge in [0.1, 0.15) is 11.4 Å². The third-order valence-electron chi connectivity index (χ3n) is 5.00. The summed E-state index contributed by atoms with van der Waals surface area (Å²) in [5.74, 6) is 0.852. The number of para-hydroxylation sites is 2. The van der Waals surface area contributed by atoms with Crippen LogP contribution in [0, 0.1) is 0 Å². The van der Waals surface area contributed by atoms with Gasteiger partial charge in [0, 0.05) is 44.1 Å². The Morgan fingerprint density at radius 2 is 1.96 bits per heavy atom. The molecule has 0 aliphatic carbocycles. The minimum Gasteiger partial charge on any atom is -0.495 e. The molecule has 1 aliphatic rings. The van der Waals surface area contributed by atoms with Gasteiger partial charge in [0.15, 0.2) is 0 Å². The predicted molar refractivity (Wildman–Crippen MR) is 109 cm³/mol. The molecule has 1 aromatic heterocycles. The second-order valence-corrected chi connectivity index (χ2v) is 6.83. The van der Waals surface area contributed by atoms with Gasteiger partial charge >= 0.3 is 0 Å². The molecule has 1 unspecified atom stereocenters. The molecule has 144 valence electrons. The Kier molecular flexibility index (Phi) is 6.16. The fraction of sp³-hybridized carbons (Fsp3) is 0.429. The molecule has 1 aromatic carbocycles. The van der Waals surface area contributed by atoms with Gasteiger partial charge in [-0.25, -0.2) is 0 Å². The van der Waals surface area contributed by atoms with Crippen LogP contribution in [0.3, 0.4) is 0 Å². The van der Waals surface area contributed by atoms with Crippen LogP contribution >= 0.6 is 0 Å². The number of carbonyl (C=O) groups is 1. The number of amides is 1. The Bertz CT molecular complexity index is 772. The Hall–Kier alpha value is -2.76. The average molecular weight is 368 g/mol. The predicted octanol–water partition coefficient (Wildman–Crippen LogP) is 3.26. The lowest BCUT2D eigenvalue weighted by atomic mass is 10.2. The smallest absolute Gasteiger partial charge is 0.272 e. The maximum atomic E-state index is 12.9. The summed E-state index contributed by atoms with van der Waals surface area (Å²) in [4.78, 5) is 21.3. The summed E-state index contributed by atoms with van der Waals surface area (Å²) in [6.07, 6.45) is 2.72. The molecule has 1 saturated heterocycles. The first-order chi connectivity index (χ1) is 13.1. The number of benzene rings is 1. The maximum Gasteiger partial charge on any atom is 0.272 e. The number of methoxy groups -OCH3 is 1. The van der Waals surface area contributed by atoms with E-state index in [2.05, 4.69) is 35.1 Å². The number of hydrogen-bond acceptors (Lipinski definition) is 5. The average Bonchev–Trinajstić information content (AvgIpc) is 2.73. The first-order valence-corrected chi connectivity index (χ1v) is 9.52. The zero-order valence-corrected chi connectivity index (χ0v) is 16.3. The van der Waals surface area contributed by atoms with Gasteiger partial charge < -0.3 is 19.9 Å². The monoisotopic (exact) mass is 368 g/mol. The van der Waals surface area contributed by atoms with Crippen LogP contribution in [0.15, 0.2) is 42.6 Å². The number of ether oxygens (including phenoxy) is 1. The van der Waals surface area contributed by atoms with E-state index in [9.17, 15) is 4.79 Å². The molecule has 1 aliphatic heterocycles. The zero-order valence-electron chi connectivity index (χ0n) is 16.3. The molecule has 1 N–H and O–H groups in total. The van der Waals surface area contributed by atoms with Crippen molar-refractivity contribution < 1.29 is 9.53 Å². The molecule has 0 radical (unpaired) electrons. The van der Waals surface area contributed by atoms with Gasteiger partial charge in [-0.05, 0) is 37.6 Å². The fourth-order valence-electron chi connectivity index (χ4n) is 3.23. The lowest BCUT2D eigenvalue weighted by Gasteiger charge is -2.36. The lowest BCUT2D eigenvalue weighted by Crippen LogP contribution is -2.49. The highest BCUT2D eigenvalue weighted by Gasteiger charge is 2.24. The Morgan fingerprint density at radius 1 is 1.22 bits per heavy atom. The standard InChI is InChI=1S/C21H28N4O2/c1-4-16(2)23-17-9-10-22-18(15-17)21(26)25-13-11-24(12-14-25)19-7-5-6-8-20(19)27-3/h5-10,15-16H,4,11-14H2,1-3H3,(H,22,23). The van der Waals surface area contributed by atoms with Crippen molar-refractivity contribution in [1.29, 1.82) is 0 Å². The molecule has 1 amide bonds. The molecule has 1 atom stereocenters. The van der Waals surface area contributed by atoms with Gasteiger partial charge in [-0.15, -0.1) is 0 Å². The van der Waals surface area contributed by atoms with Gasteiger partial charge in [-0.2, -0.15) is 0 Å². The Labute approximate surface area is 161 Å². The van der Waals surface area contributed by atoms with Crippen molar-refractivity contribution in [1.82, 2.24) is 9.88 Å². The number of nitrogens with one attached hydrogen (secondary N) is 1. The van der Waals surface area contributed by atoms with Gasteiger partial charge in [0.05, 0.1) is 12.8 Å². The van der Waals surface area contributed by atoms with Crippen molar-refractivity contribution in [2.45, 2.75) is 26.3 Å². The van der Waals surface area contributed by atoms with E-state index in [1.165, 1.54) is 0 Å². The minimum atomic E-state index is -0.0116. The number of hydrogen-bond donors (Lipinski definition) is 1. The number of carbonyl (C=O) groups excluding carboxylic acids is 1. The molecule has 2 heterocycles. The highest BCUT2D eigenvalue weighted by Crippen LogP contribution is 2.28. The fourth-order valence-corrected chi connectivity index (χ4v) is 3.23. The van der Waals surface area contributed by atoms with Gasteiger partial charge in [-0.1, -0.05) is 19.1 Å². The quantitative estimate of drug-likeness (QED) is 0.848. The number of pyridine rings is 1. The molecular formula is C21H28N4O2. The molecular weight excluding hydrogens is 340 g/mol. The molecule has 3 rings (SSSR count). The summed E-state index contributed by atoms with van der Waals surface area (Å²) in [5.41, 5.74) is 2.51. The van der Waals surface area contributed by atoms with E-state index in [1.807, 2.05) is 35.2 Å². The topological polar surface area (TPSA) is 57.7 Å². The molecule has 6 nitrogen and oxygen atoms in total. The normalized spacial score (nSPS) is 15.4. The highest BCUT2D eigenvalue weighted by molar-refractivity contribution is 5.93. The number of anilines is 2. The third-order valence-corrected chi connectivity index (χ3v) is 5.00. The lowest BCUT2D eigenvalue weighted by molar-refractivity contribution is 0.0741. The van der Waals surface area contributed by atoms with E-state index in [0.29, 0.717) is 24.8 Å². The molecule has 6 heteroatoms. The van der Waals surface area contributed by atoms with Gasteiger partial charge in [0.25, 0.3) is 5.91 Å². The highest BCUT2D eigenvalue weighted by atomic mass is 16.5. The first-order valence-electron chi connectivity index (χ1n) is 9.52. The minimum absolute atomic E-state index is 0.0116. The number of rotatable bonds is 6. The molecule has 0 saturated carbocycles. The van der Waals surface area contributed by atoms with E-state index in [1.54, 1.807) is 13.3 Å². The molecule has 0 bridgehead atoms. The van der Waals surface area contributed by atoms with Crippen molar-refractivity contribution in [3.8, 4) is 5.75 Å². The van der Waals surface area contributed by atoms with E-state index >= 15 is 0 Å². The summed E-state index contributed by atoms with van der Waals surface area (Å²) >= 11 is 0. The maximum absolute atomic E-state index is 12.9. The van der Waals surface area contributed by atoms with Crippen molar-refractivity contribution in [3.05, 3.63) is 48.3 Å². The molecule has 2 aromatic rings. The zero-order chi connectivity index (χ0) is 19.2. The largest absolute Gasteiger partial charge is 0.495 e. The first kappa shape index (κ1) is 19.0. The van der Waals surface area contributed by atoms with Gasteiger partial charge in [-0.3, -0.25) is 9.78 Å². The van der Waals surface area contributed by atoms with Crippen LogP contribution in [0.2, 0.25) is 0 Å². The third kappa shape index (κ3) is 4.51. The number of nitrogens with zero attached hydrogens (tertiary/aromatic N) is 3. The van der Waals surface area contributed by atoms with E-state index in [4.69, 9.17) is 4.74 Å². The second-order valence-electron chi connectivity index (χ2n) is 6.83. The summed E-state index contributed by atoms with van der Waals surface area (Å²) in [5, 5.41) is 3.40. The van der Waals surface area contributed by atoms with Gasteiger partial charge in [0.2, 0.25) is 0 Å². The van der Waals surface area contributed by atoms with Crippen LogP contribution in [-0.2, 0) is 0 Å². The number of piperazine rings is 1. The second kappa shape index (κ2) is 8.75. The SMILES string of the molecule is CCC(C)Nc1ccnc(C(=O)N2CCN(c3ccccc3OC)CC2)c1. The van der Waals surface area contributed by atoms with Crippen molar-refractivity contribution in [2.75, 3.05) is 43.5 Å². The van der Waals surface area contributed by atoms with E-state index in [-0.39, 0.29) is 5.91 Å². The molecule has 0 spiro atoms. The summed E-state index contributed by atoms with van der Waals surface area (Å²) in [7, 11) is 1.69. The van der Waals surface area contributed by atoms with Crippen molar-refractivity contribution in [2.24, 2.45) is 0 Å². The summed E-state index contributed by atoms with van der Waals surface area (Å²) in [6.45, 7) is 7.14. The molecule has 1 fully saturated rings. The van der Waals surface area contributed by atoms with Crippen LogP contribution in [0.4, 0.5) is 11.4 Å². The molecule has 27 heavy (non-hydrogen) atoms. The Morgan fingerprint density at radius 3 is 2.67 bits per heavy atom. The number of aromatic nitrogens is 1. The van der Waals surface area contributed by atoms with E-state index < -0.39 is 0 Å². The summed E-state index contributed by atoms with van der Waals surface area (Å²) in [6, 6.07) is 12.1. The van der Waals surface area contributed by atoms with Crippen molar-refractivity contribution in [3.63, 3.8) is 0 Å². The van der Waals surface area contributed by atoms with Crippen LogP contribution in [0.25, 0.3) is 0 Å². The van der Waals surface area contributed by atoms with Crippen LogP contribution in [0.1, 0.15) is 30.8 Å². The van der Waals surface area contributed by atoms with Crippen LogP contribution < -0.4 is 15.0 Å². The van der Waals surface area contributed by atoms with E-state index in [0.717, 1.165) is 36.6 Å². The van der Waals surface area contributed by atoms with Crippen LogP contribution in [0.5, 0.6) is 5.75 Å². The van der Waals surface area contributed by atoms with Crippen LogP contribution in [-0.4, -0.2) is 55.1 Å². The Balaban J connectivity index is 1.64. The van der Waals surface area contributed by atoms with Crippen molar-refractivity contribution >= 4 is 17.3 Å². The summed E-state index contributed by atoms with van der Waals surface area (Å²) < 4.78 is 5.46.